The molecule has 0 bridgehead atoms. The summed E-state index contributed by atoms with van der Waals surface area (Å²) >= 11 is 10.5. The molecule has 0 aliphatic heterocycles. The Labute approximate surface area is 81.1 Å². The number of hydrogen-bond acceptors (Lipinski definition) is 2. The molecule has 0 saturated carbocycles. The van der Waals surface area contributed by atoms with Gasteiger partial charge in [0.25, 0.3) is 0 Å². The molecule has 0 fully saturated rings. The zero-order valence-corrected chi connectivity index (χ0v) is 8.87. The summed E-state index contributed by atoms with van der Waals surface area (Å²) in [7, 11) is 0. The molecule has 1 rings (SSSR count). The molecule has 0 aromatic heterocycles. The van der Waals surface area contributed by atoms with Crippen molar-refractivity contribution in [3.63, 3.8) is 0 Å². The number of hydrogen-bond donors (Lipinski definition) is 2. The maximum Gasteiger partial charge on any atom is 0.131 e. The lowest BCUT2D eigenvalue weighted by Crippen LogP contribution is -1.72. The lowest BCUT2D eigenvalue weighted by atomic mass is 10.3. The molecule has 0 spiro atoms. The van der Waals surface area contributed by atoms with Gasteiger partial charge in [0.2, 0.25) is 0 Å². The molecule has 0 atom stereocenters. The molecule has 0 aliphatic rings. The van der Waals surface area contributed by atoms with Crippen molar-refractivity contribution in [1.82, 2.24) is 0 Å². The van der Waals surface area contributed by atoms with E-state index in [0.717, 1.165) is 8.95 Å². The minimum absolute atomic E-state index is 0.171. The van der Waals surface area contributed by atoms with Crippen LogP contribution in [0.15, 0.2) is 26.0 Å². The third-order valence-corrected chi connectivity index (χ3v) is 2.87. The Kier molecular flexibility index (Phi) is 2.66. The average molecular weight is 284 g/mol. The number of benzene rings is 1. The molecule has 0 heterocycles. The molecule has 10 heavy (non-hydrogen) atoms. The Balaban J connectivity index is 3.31. The minimum Gasteiger partial charge on any atom is -0.507 e. The first-order valence-corrected chi connectivity index (χ1v) is 4.51. The molecule has 0 aliphatic carbocycles. The topological polar surface area (TPSA) is 20.2 Å². The normalized spacial score (nSPS) is 9.90. The smallest absolute Gasteiger partial charge is 0.131 e. The summed E-state index contributed by atoms with van der Waals surface area (Å²) in [6, 6.07) is 3.41. The average Bonchev–Trinajstić information content (AvgIpc) is 1.82. The van der Waals surface area contributed by atoms with Crippen LogP contribution >= 0.6 is 44.5 Å². The number of halogens is 2. The molecule has 1 nitrogen and oxygen atoms in total. The van der Waals surface area contributed by atoms with Gasteiger partial charge in [-0.2, -0.15) is 0 Å². The van der Waals surface area contributed by atoms with E-state index < -0.39 is 0 Å². The van der Waals surface area contributed by atoms with Gasteiger partial charge in [0.05, 0.1) is 4.90 Å². The molecule has 1 aromatic rings. The number of phenolic OH excluding ortho intramolecular Hbond substituents is 1. The highest BCUT2D eigenvalue weighted by molar-refractivity contribution is 9.11. The van der Waals surface area contributed by atoms with Crippen LogP contribution in [0.3, 0.4) is 0 Å². The molecule has 54 valence electrons. The molecular formula is C6H4Br2OS. The molecule has 0 radical (unpaired) electrons. The number of thiol groups is 1. The van der Waals surface area contributed by atoms with Crippen LogP contribution in [0.5, 0.6) is 5.75 Å². The first-order chi connectivity index (χ1) is 4.61. The summed E-state index contributed by atoms with van der Waals surface area (Å²) in [4.78, 5) is 0.559. The van der Waals surface area contributed by atoms with E-state index in [4.69, 9.17) is 5.11 Å². The van der Waals surface area contributed by atoms with E-state index in [-0.39, 0.29) is 5.75 Å². The van der Waals surface area contributed by atoms with Crippen LogP contribution < -0.4 is 0 Å². The van der Waals surface area contributed by atoms with Crippen molar-refractivity contribution in [2.24, 2.45) is 0 Å². The van der Waals surface area contributed by atoms with Crippen LogP contribution in [0.25, 0.3) is 0 Å². The van der Waals surface area contributed by atoms with Crippen molar-refractivity contribution in [3.05, 3.63) is 21.1 Å². The van der Waals surface area contributed by atoms with Crippen molar-refractivity contribution in [3.8, 4) is 5.75 Å². The Morgan fingerprint density at radius 1 is 1.30 bits per heavy atom. The van der Waals surface area contributed by atoms with Crippen molar-refractivity contribution in [1.29, 1.82) is 0 Å². The highest BCUT2D eigenvalue weighted by atomic mass is 79.9. The number of aromatic hydroxyl groups is 1. The minimum atomic E-state index is 0.171. The Hall–Kier alpha value is 0.330. The zero-order chi connectivity index (χ0) is 7.72. The second kappa shape index (κ2) is 3.15. The fraction of sp³-hybridized carbons (Fsp3) is 0. The monoisotopic (exact) mass is 282 g/mol. The van der Waals surface area contributed by atoms with E-state index in [2.05, 4.69) is 44.5 Å². The van der Waals surface area contributed by atoms with E-state index in [1.807, 2.05) is 6.07 Å². The predicted octanol–water partition coefficient (Wildman–Crippen LogP) is 3.21. The van der Waals surface area contributed by atoms with E-state index >= 15 is 0 Å². The van der Waals surface area contributed by atoms with Crippen LogP contribution in [0.2, 0.25) is 0 Å². The van der Waals surface area contributed by atoms with Crippen LogP contribution in [0.1, 0.15) is 0 Å². The Morgan fingerprint density at radius 3 is 2.40 bits per heavy atom. The summed E-state index contributed by atoms with van der Waals surface area (Å²) in [6.45, 7) is 0. The van der Waals surface area contributed by atoms with E-state index in [9.17, 15) is 0 Å². The van der Waals surface area contributed by atoms with Gasteiger partial charge >= 0.3 is 0 Å². The third-order valence-electron chi connectivity index (χ3n) is 1.01. The molecule has 0 unspecified atom stereocenters. The maximum atomic E-state index is 9.14. The van der Waals surface area contributed by atoms with Gasteiger partial charge in [-0.1, -0.05) is 15.9 Å². The zero-order valence-electron chi connectivity index (χ0n) is 4.81. The number of rotatable bonds is 0. The largest absolute Gasteiger partial charge is 0.507 e. The van der Waals surface area contributed by atoms with Crippen molar-refractivity contribution in [2.75, 3.05) is 0 Å². The fourth-order valence-corrected chi connectivity index (χ4v) is 1.88. The van der Waals surface area contributed by atoms with Gasteiger partial charge in [0.15, 0.2) is 0 Å². The summed E-state index contributed by atoms with van der Waals surface area (Å²) < 4.78 is 1.61. The van der Waals surface area contributed by atoms with E-state index in [0.29, 0.717) is 4.90 Å². The standard InChI is InChI=1S/C6H4Br2OS/c7-3-1-4(8)6(10)5(9)2-3/h1-2,9-10H. The SMILES string of the molecule is Oc1cc(Br)cc(Br)c1S. The second-order valence-corrected chi connectivity index (χ2v) is 3.97. The first-order valence-electron chi connectivity index (χ1n) is 2.48. The maximum absolute atomic E-state index is 9.14. The summed E-state index contributed by atoms with van der Waals surface area (Å²) in [5.41, 5.74) is 0. The van der Waals surface area contributed by atoms with Gasteiger partial charge in [0.1, 0.15) is 5.75 Å². The second-order valence-electron chi connectivity index (χ2n) is 1.76. The van der Waals surface area contributed by atoms with Gasteiger partial charge in [-0.05, 0) is 28.1 Å². The first kappa shape index (κ1) is 8.43. The van der Waals surface area contributed by atoms with Crippen LogP contribution in [-0.4, -0.2) is 5.11 Å². The van der Waals surface area contributed by atoms with Gasteiger partial charge in [0, 0.05) is 8.95 Å². The molecule has 4 heteroatoms. The molecule has 0 saturated heterocycles. The predicted molar refractivity (Wildman–Crippen MR) is 50.8 cm³/mol. The quantitative estimate of drug-likeness (QED) is 0.701. The van der Waals surface area contributed by atoms with Gasteiger partial charge in [-0.3, -0.25) is 0 Å². The lowest BCUT2D eigenvalue weighted by Gasteiger charge is -2.00. The highest BCUT2D eigenvalue weighted by Crippen LogP contribution is 2.32. The summed E-state index contributed by atoms with van der Waals surface area (Å²) in [5, 5.41) is 9.14. The van der Waals surface area contributed by atoms with Crippen molar-refractivity contribution in [2.45, 2.75) is 4.90 Å². The van der Waals surface area contributed by atoms with E-state index in [1.54, 1.807) is 6.07 Å². The van der Waals surface area contributed by atoms with Gasteiger partial charge < -0.3 is 5.11 Å². The highest BCUT2D eigenvalue weighted by Gasteiger charge is 2.01. The lowest BCUT2D eigenvalue weighted by molar-refractivity contribution is 0.461. The van der Waals surface area contributed by atoms with Crippen molar-refractivity contribution >= 4 is 44.5 Å². The summed E-state index contributed by atoms with van der Waals surface area (Å²) in [6.07, 6.45) is 0. The Bertz CT molecular complexity index is 239. The molecular weight excluding hydrogens is 280 g/mol. The molecule has 0 amide bonds. The fourth-order valence-electron chi connectivity index (χ4n) is 0.552. The van der Waals surface area contributed by atoms with Crippen LogP contribution in [0, 0.1) is 0 Å². The van der Waals surface area contributed by atoms with Gasteiger partial charge in [-0.15, -0.1) is 12.6 Å². The summed E-state index contributed by atoms with van der Waals surface area (Å²) in [5.74, 6) is 0.171. The molecule has 1 aromatic carbocycles. The Morgan fingerprint density at radius 2 is 1.90 bits per heavy atom. The molecule has 1 N–H and O–H groups in total. The van der Waals surface area contributed by atoms with Crippen molar-refractivity contribution < 1.29 is 5.11 Å². The van der Waals surface area contributed by atoms with Crippen LogP contribution in [0.4, 0.5) is 0 Å². The number of phenols is 1. The third kappa shape index (κ3) is 1.68. The van der Waals surface area contributed by atoms with Gasteiger partial charge in [-0.25, -0.2) is 0 Å². The van der Waals surface area contributed by atoms with Crippen LogP contribution in [-0.2, 0) is 0 Å². The van der Waals surface area contributed by atoms with E-state index in [1.165, 1.54) is 0 Å².